The van der Waals surface area contributed by atoms with Crippen molar-refractivity contribution >= 4 is 5.97 Å². The summed E-state index contributed by atoms with van der Waals surface area (Å²) in [5.41, 5.74) is 2.97. The topological polar surface area (TPSA) is 81.7 Å². The van der Waals surface area contributed by atoms with Gasteiger partial charge in [-0.1, -0.05) is 0 Å². The minimum Gasteiger partial charge on any atom is -0.493 e. The second kappa shape index (κ2) is 7.53. The smallest absolute Gasteiger partial charge is 0.360 e. The van der Waals surface area contributed by atoms with E-state index in [1.165, 1.54) is 7.11 Å². The van der Waals surface area contributed by atoms with E-state index in [-0.39, 0.29) is 23.7 Å². The molecule has 2 aromatic carbocycles. The van der Waals surface area contributed by atoms with Gasteiger partial charge in [0.2, 0.25) is 5.75 Å². The van der Waals surface area contributed by atoms with Crippen molar-refractivity contribution < 1.29 is 38.0 Å². The minimum absolute atomic E-state index is 0.0719. The molecular weight excluding hydrogens is 404 g/mol. The lowest BCUT2D eigenvalue weighted by molar-refractivity contribution is -0.157. The maximum atomic E-state index is 12.8. The number of hydrogen-bond donors (Lipinski definition) is 0. The molecule has 164 valence electrons. The van der Waals surface area contributed by atoms with Crippen LogP contribution in [0.25, 0.3) is 0 Å². The van der Waals surface area contributed by atoms with Crippen LogP contribution in [0.3, 0.4) is 0 Å². The third kappa shape index (κ3) is 3.05. The van der Waals surface area contributed by atoms with Gasteiger partial charge in [0.15, 0.2) is 23.0 Å². The number of ether oxygens (including phenoxy) is 7. The van der Waals surface area contributed by atoms with Gasteiger partial charge in [-0.25, -0.2) is 0 Å². The first-order chi connectivity index (χ1) is 15.1. The average Bonchev–Trinajstić information content (AvgIpc) is 3.37. The number of carbonyl (C=O) groups is 1. The van der Waals surface area contributed by atoms with Crippen LogP contribution < -0.4 is 23.7 Å². The number of carbonyl (C=O) groups excluding carboxylic acids is 1. The molecule has 0 amide bonds. The van der Waals surface area contributed by atoms with Gasteiger partial charge in [-0.2, -0.15) is 0 Å². The molecule has 2 aromatic rings. The van der Waals surface area contributed by atoms with Crippen molar-refractivity contribution in [2.24, 2.45) is 11.8 Å². The normalized spacial score (nSPS) is 25.5. The number of fused-ring (bicyclic) bond motifs is 3. The average molecular weight is 428 g/mol. The van der Waals surface area contributed by atoms with Crippen molar-refractivity contribution in [3.05, 3.63) is 41.0 Å². The van der Waals surface area contributed by atoms with Crippen molar-refractivity contribution in [2.75, 3.05) is 35.0 Å². The number of esters is 1. The Bertz CT molecular complexity index is 1010. The van der Waals surface area contributed by atoms with Crippen LogP contribution in [0.15, 0.2) is 24.3 Å². The van der Waals surface area contributed by atoms with Crippen molar-refractivity contribution in [3.63, 3.8) is 0 Å². The molecule has 1 unspecified atom stereocenters. The van der Waals surface area contributed by atoms with Crippen LogP contribution in [0.2, 0.25) is 0 Å². The molecule has 5 rings (SSSR count). The second-order valence-corrected chi connectivity index (χ2v) is 7.81. The summed E-state index contributed by atoms with van der Waals surface area (Å²) in [5.74, 6) is 2.11. The molecule has 0 radical (unpaired) electrons. The van der Waals surface area contributed by atoms with Gasteiger partial charge >= 0.3 is 12.4 Å². The summed E-state index contributed by atoms with van der Waals surface area (Å²) in [5, 5.41) is 0. The first-order valence-corrected chi connectivity index (χ1v) is 10.1. The number of cyclic esters (lactones) is 1. The van der Waals surface area contributed by atoms with E-state index in [2.05, 4.69) is 0 Å². The lowest BCUT2D eigenvalue weighted by Gasteiger charge is -2.34. The third-order valence-electron chi connectivity index (χ3n) is 6.29. The molecule has 8 heteroatoms. The molecule has 0 saturated carbocycles. The largest absolute Gasteiger partial charge is 0.493 e. The Balaban J connectivity index is 1.68. The van der Waals surface area contributed by atoms with E-state index in [4.69, 9.17) is 33.2 Å². The molecule has 0 aromatic heterocycles. The maximum absolute atomic E-state index is 12.8. The Labute approximate surface area is 179 Å². The van der Waals surface area contributed by atoms with Crippen molar-refractivity contribution in [3.8, 4) is 28.7 Å². The molecule has 1 fully saturated rings. The second-order valence-electron chi connectivity index (χ2n) is 7.81. The summed E-state index contributed by atoms with van der Waals surface area (Å²) in [4.78, 5) is 12.8. The molecule has 2 heterocycles. The molecule has 8 nitrogen and oxygen atoms in total. The van der Waals surface area contributed by atoms with Crippen molar-refractivity contribution in [2.45, 2.75) is 18.8 Å². The fourth-order valence-corrected chi connectivity index (χ4v) is 4.92. The Hall–Kier alpha value is -3.13. The Morgan fingerprint density at radius 1 is 0.903 bits per heavy atom. The van der Waals surface area contributed by atoms with Crippen LogP contribution in [-0.4, -0.2) is 47.5 Å². The quantitative estimate of drug-likeness (QED) is 0.673. The van der Waals surface area contributed by atoms with Gasteiger partial charge in [0.05, 0.1) is 33.9 Å². The van der Waals surface area contributed by atoms with Crippen LogP contribution in [0.1, 0.15) is 22.6 Å². The molecule has 2 aliphatic heterocycles. The number of rotatable bonds is 5. The van der Waals surface area contributed by atoms with E-state index < -0.39 is 6.48 Å². The van der Waals surface area contributed by atoms with Crippen LogP contribution in [0.4, 0.5) is 0 Å². The molecule has 31 heavy (non-hydrogen) atoms. The SMILES string of the molecule is COc1cc([C@@H]2c3cc4c(cc3C[C@H]3COC(=O)[C@H]32)OC(OC)O4)cc(OC)c1OC. The van der Waals surface area contributed by atoms with E-state index in [9.17, 15) is 4.79 Å². The Kier molecular flexibility index (Phi) is 4.81. The molecule has 0 spiro atoms. The van der Waals surface area contributed by atoms with Gasteiger partial charge < -0.3 is 33.2 Å². The van der Waals surface area contributed by atoms with E-state index in [0.717, 1.165) is 23.1 Å². The minimum atomic E-state index is -0.775. The van der Waals surface area contributed by atoms with Crippen LogP contribution in [-0.2, 0) is 20.7 Å². The predicted octanol–water partition coefficient (Wildman–Crippen LogP) is 2.89. The highest BCUT2D eigenvalue weighted by Gasteiger charge is 2.48. The number of hydrogen-bond acceptors (Lipinski definition) is 8. The molecular formula is C23H24O8. The molecule has 3 aliphatic rings. The third-order valence-corrected chi connectivity index (χ3v) is 6.29. The summed E-state index contributed by atoms with van der Waals surface area (Å²) >= 11 is 0. The zero-order valence-corrected chi connectivity index (χ0v) is 17.8. The monoisotopic (exact) mass is 428 g/mol. The summed E-state index contributed by atoms with van der Waals surface area (Å²) in [6, 6.07) is 7.71. The van der Waals surface area contributed by atoms with Gasteiger partial charge in [-0.15, -0.1) is 0 Å². The Morgan fingerprint density at radius 3 is 2.19 bits per heavy atom. The maximum Gasteiger partial charge on any atom is 0.360 e. The molecule has 4 atom stereocenters. The standard InChI is InChI=1S/C23H24O8/c1-25-17-7-12(8-18(26-2)21(17)27-3)19-14-9-16-15(30-23(28-4)31-16)6-11(14)5-13-10-29-22(24)20(13)19/h6-9,13,19-20,23H,5,10H2,1-4H3/t13-,19+,20+,23?/m0/s1. The van der Waals surface area contributed by atoms with Crippen LogP contribution in [0, 0.1) is 11.8 Å². The van der Waals surface area contributed by atoms with Crippen LogP contribution >= 0.6 is 0 Å². The molecule has 0 N–H and O–H groups in total. The van der Waals surface area contributed by atoms with Gasteiger partial charge in [-0.05, 0) is 47.4 Å². The number of benzene rings is 2. The predicted molar refractivity (Wildman–Crippen MR) is 108 cm³/mol. The van der Waals surface area contributed by atoms with E-state index in [1.807, 2.05) is 24.3 Å². The first kappa shape index (κ1) is 19.8. The fraction of sp³-hybridized carbons (Fsp3) is 0.435. The van der Waals surface area contributed by atoms with E-state index >= 15 is 0 Å². The lowest BCUT2D eigenvalue weighted by atomic mass is 9.67. The van der Waals surface area contributed by atoms with E-state index in [0.29, 0.717) is 35.4 Å². The first-order valence-electron chi connectivity index (χ1n) is 10.1. The fourth-order valence-electron chi connectivity index (χ4n) is 4.92. The highest BCUT2D eigenvalue weighted by atomic mass is 16.9. The van der Waals surface area contributed by atoms with E-state index in [1.54, 1.807) is 21.3 Å². The lowest BCUT2D eigenvalue weighted by Crippen LogP contribution is -2.31. The summed E-state index contributed by atoms with van der Waals surface area (Å²) in [6.45, 7) is -0.373. The zero-order valence-electron chi connectivity index (χ0n) is 17.8. The highest BCUT2D eigenvalue weighted by molar-refractivity contribution is 5.78. The van der Waals surface area contributed by atoms with Gasteiger partial charge in [0.25, 0.3) is 0 Å². The van der Waals surface area contributed by atoms with Crippen molar-refractivity contribution in [1.29, 1.82) is 0 Å². The van der Waals surface area contributed by atoms with Gasteiger partial charge in [0, 0.05) is 18.9 Å². The number of methoxy groups -OCH3 is 4. The zero-order chi connectivity index (χ0) is 21.7. The summed E-state index contributed by atoms with van der Waals surface area (Å²) in [7, 11) is 6.24. The summed E-state index contributed by atoms with van der Waals surface area (Å²) < 4.78 is 38.7. The Morgan fingerprint density at radius 2 is 1.58 bits per heavy atom. The molecule has 0 bridgehead atoms. The highest BCUT2D eigenvalue weighted by Crippen LogP contribution is 2.52. The van der Waals surface area contributed by atoms with Crippen molar-refractivity contribution in [1.82, 2.24) is 0 Å². The summed E-state index contributed by atoms with van der Waals surface area (Å²) in [6.07, 6.45) is 0.723. The van der Waals surface area contributed by atoms with Gasteiger partial charge in [0.1, 0.15) is 0 Å². The molecule has 1 aliphatic carbocycles. The van der Waals surface area contributed by atoms with Crippen LogP contribution in [0.5, 0.6) is 28.7 Å². The van der Waals surface area contributed by atoms with Gasteiger partial charge in [-0.3, -0.25) is 4.79 Å². The molecule has 1 saturated heterocycles.